The first-order valence-electron chi connectivity index (χ1n) is 8.95. The van der Waals surface area contributed by atoms with Gasteiger partial charge in [0.05, 0.1) is 0 Å². The fourth-order valence-corrected chi connectivity index (χ4v) is 6.08. The van der Waals surface area contributed by atoms with Gasteiger partial charge in [-0.15, -0.1) is 11.6 Å². The van der Waals surface area contributed by atoms with Crippen molar-refractivity contribution in [3.8, 4) is 0 Å². The van der Waals surface area contributed by atoms with E-state index < -0.39 is 0 Å². The van der Waals surface area contributed by atoms with Crippen LogP contribution >= 0.6 is 11.6 Å². The zero-order chi connectivity index (χ0) is 14.9. The van der Waals surface area contributed by atoms with Gasteiger partial charge in [0.2, 0.25) is 5.91 Å². The van der Waals surface area contributed by atoms with Crippen LogP contribution in [0.5, 0.6) is 0 Å². The van der Waals surface area contributed by atoms with Gasteiger partial charge in [-0.25, -0.2) is 0 Å². The third kappa shape index (κ3) is 3.57. The van der Waals surface area contributed by atoms with E-state index in [1.54, 1.807) is 0 Å². The minimum Gasteiger partial charge on any atom is -0.356 e. The highest BCUT2D eigenvalue weighted by atomic mass is 35.5. The predicted octanol–water partition coefficient (Wildman–Crippen LogP) is 4.36. The van der Waals surface area contributed by atoms with Crippen molar-refractivity contribution < 1.29 is 4.79 Å². The highest BCUT2D eigenvalue weighted by Gasteiger charge is 2.51. The predicted molar refractivity (Wildman–Crippen MR) is 87.3 cm³/mol. The van der Waals surface area contributed by atoms with E-state index in [1.165, 1.54) is 38.5 Å². The lowest BCUT2D eigenvalue weighted by atomic mass is 9.49. The Morgan fingerprint density at radius 2 is 1.76 bits per heavy atom. The number of carbonyl (C=O) groups is 1. The maximum Gasteiger partial charge on any atom is 0.220 e. The molecule has 4 aliphatic rings. The standard InChI is InChI=1S/C18H30ClNO/c1-2-13(3-4-19)12-20-17(21)11-18-8-14-5-15(9-18)7-16(6-14)10-18/h13-16H,2-12H2,1H3,(H,20,21). The SMILES string of the molecule is CCC(CCCl)CNC(=O)CC12CC3CC(CC(C3)C1)C2. The van der Waals surface area contributed by atoms with E-state index in [2.05, 4.69) is 12.2 Å². The van der Waals surface area contributed by atoms with Crippen LogP contribution in [0.2, 0.25) is 0 Å². The van der Waals surface area contributed by atoms with E-state index in [9.17, 15) is 4.79 Å². The molecule has 4 rings (SSSR count). The molecule has 0 radical (unpaired) electrons. The monoisotopic (exact) mass is 311 g/mol. The van der Waals surface area contributed by atoms with Gasteiger partial charge in [-0.1, -0.05) is 13.3 Å². The number of rotatable bonds is 7. The number of carbonyl (C=O) groups excluding carboxylic acids is 1. The molecule has 1 unspecified atom stereocenters. The number of hydrogen-bond acceptors (Lipinski definition) is 1. The average molecular weight is 312 g/mol. The second-order valence-corrected chi connectivity index (χ2v) is 8.53. The van der Waals surface area contributed by atoms with E-state index in [0.717, 1.165) is 43.6 Å². The number of nitrogens with one attached hydrogen (secondary N) is 1. The van der Waals surface area contributed by atoms with Gasteiger partial charge in [0.25, 0.3) is 0 Å². The fourth-order valence-electron chi connectivity index (χ4n) is 5.77. The van der Waals surface area contributed by atoms with Gasteiger partial charge in [-0.3, -0.25) is 4.79 Å². The molecule has 120 valence electrons. The topological polar surface area (TPSA) is 29.1 Å². The van der Waals surface area contributed by atoms with E-state index in [1.807, 2.05) is 0 Å². The molecular weight excluding hydrogens is 282 g/mol. The molecule has 1 N–H and O–H groups in total. The summed E-state index contributed by atoms with van der Waals surface area (Å²) in [7, 11) is 0. The van der Waals surface area contributed by atoms with E-state index in [-0.39, 0.29) is 0 Å². The smallest absolute Gasteiger partial charge is 0.220 e. The summed E-state index contributed by atoms with van der Waals surface area (Å²) in [4.78, 5) is 12.4. The van der Waals surface area contributed by atoms with E-state index in [4.69, 9.17) is 11.6 Å². The Labute approximate surface area is 134 Å². The minimum atomic E-state index is 0.296. The number of alkyl halides is 1. The van der Waals surface area contributed by atoms with Crippen LogP contribution in [0.15, 0.2) is 0 Å². The van der Waals surface area contributed by atoms with E-state index in [0.29, 0.717) is 23.1 Å². The minimum absolute atomic E-state index is 0.296. The Morgan fingerprint density at radius 1 is 1.19 bits per heavy atom. The summed E-state index contributed by atoms with van der Waals surface area (Å²) in [6, 6.07) is 0. The molecule has 0 spiro atoms. The number of halogens is 1. The first-order chi connectivity index (χ1) is 10.1. The van der Waals surface area contributed by atoms with Crippen LogP contribution in [-0.2, 0) is 4.79 Å². The summed E-state index contributed by atoms with van der Waals surface area (Å²) < 4.78 is 0. The molecule has 21 heavy (non-hydrogen) atoms. The van der Waals surface area contributed by atoms with Crippen molar-refractivity contribution in [2.45, 2.75) is 64.7 Å². The molecular formula is C18H30ClNO. The second-order valence-electron chi connectivity index (χ2n) is 8.15. The summed E-state index contributed by atoms with van der Waals surface area (Å²) in [5, 5.41) is 3.20. The number of amides is 1. The van der Waals surface area contributed by atoms with Crippen LogP contribution in [0.1, 0.15) is 64.7 Å². The third-order valence-electron chi connectivity index (χ3n) is 6.38. The quantitative estimate of drug-likeness (QED) is 0.695. The van der Waals surface area contributed by atoms with Crippen LogP contribution in [0.4, 0.5) is 0 Å². The summed E-state index contributed by atoms with van der Waals surface area (Å²) >= 11 is 5.82. The van der Waals surface area contributed by atoms with Gasteiger partial charge in [-0.2, -0.15) is 0 Å². The molecule has 4 fully saturated rings. The molecule has 4 saturated carbocycles. The Hall–Kier alpha value is -0.240. The molecule has 0 aromatic heterocycles. The van der Waals surface area contributed by atoms with Crippen molar-refractivity contribution in [2.75, 3.05) is 12.4 Å². The molecule has 3 heteroatoms. The molecule has 4 bridgehead atoms. The highest BCUT2D eigenvalue weighted by molar-refractivity contribution is 6.17. The van der Waals surface area contributed by atoms with Crippen LogP contribution in [0.25, 0.3) is 0 Å². The second kappa shape index (κ2) is 6.48. The lowest BCUT2D eigenvalue weighted by Gasteiger charge is -2.56. The summed E-state index contributed by atoms with van der Waals surface area (Å²) in [5.74, 6) is 4.34. The summed E-state index contributed by atoms with van der Waals surface area (Å²) in [5.41, 5.74) is 0.368. The van der Waals surface area contributed by atoms with Crippen molar-refractivity contribution in [3.05, 3.63) is 0 Å². The average Bonchev–Trinajstić information content (AvgIpc) is 2.41. The van der Waals surface area contributed by atoms with Gasteiger partial charge in [0, 0.05) is 18.8 Å². The Balaban J connectivity index is 1.50. The lowest BCUT2D eigenvalue weighted by Crippen LogP contribution is -2.48. The third-order valence-corrected chi connectivity index (χ3v) is 6.60. The Bertz CT molecular complexity index is 346. The molecule has 2 nitrogen and oxygen atoms in total. The maximum absolute atomic E-state index is 12.4. The van der Waals surface area contributed by atoms with Crippen LogP contribution in [-0.4, -0.2) is 18.3 Å². The first kappa shape index (κ1) is 15.6. The molecule has 0 aromatic rings. The summed E-state index contributed by atoms with van der Waals surface area (Å²) in [6.07, 6.45) is 11.2. The van der Waals surface area contributed by atoms with Crippen LogP contribution in [0.3, 0.4) is 0 Å². The van der Waals surface area contributed by atoms with Crippen molar-refractivity contribution >= 4 is 17.5 Å². The maximum atomic E-state index is 12.4. The Morgan fingerprint density at radius 3 is 2.24 bits per heavy atom. The van der Waals surface area contributed by atoms with Gasteiger partial charge < -0.3 is 5.32 Å². The first-order valence-corrected chi connectivity index (χ1v) is 9.48. The zero-order valence-electron chi connectivity index (χ0n) is 13.4. The van der Waals surface area contributed by atoms with Gasteiger partial charge in [-0.05, 0) is 74.0 Å². The Kier molecular flexibility index (Phi) is 4.83. The lowest BCUT2D eigenvalue weighted by molar-refractivity contribution is -0.129. The highest BCUT2D eigenvalue weighted by Crippen LogP contribution is 2.61. The van der Waals surface area contributed by atoms with Crippen LogP contribution in [0, 0.1) is 29.1 Å². The molecule has 0 aliphatic heterocycles. The normalized spacial score (nSPS) is 38.5. The van der Waals surface area contributed by atoms with Crippen molar-refractivity contribution in [1.29, 1.82) is 0 Å². The fraction of sp³-hybridized carbons (Fsp3) is 0.944. The molecule has 0 heterocycles. The summed E-state index contributed by atoms with van der Waals surface area (Å²) in [6.45, 7) is 3.00. The molecule has 1 atom stereocenters. The van der Waals surface area contributed by atoms with Crippen molar-refractivity contribution in [2.24, 2.45) is 29.1 Å². The molecule has 4 aliphatic carbocycles. The van der Waals surface area contributed by atoms with Crippen LogP contribution < -0.4 is 5.32 Å². The van der Waals surface area contributed by atoms with Gasteiger partial charge in [0.15, 0.2) is 0 Å². The largest absolute Gasteiger partial charge is 0.356 e. The van der Waals surface area contributed by atoms with Gasteiger partial charge >= 0.3 is 0 Å². The van der Waals surface area contributed by atoms with Gasteiger partial charge in [0.1, 0.15) is 0 Å². The zero-order valence-corrected chi connectivity index (χ0v) is 14.1. The van der Waals surface area contributed by atoms with E-state index >= 15 is 0 Å². The van der Waals surface area contributed by atoms with Crippen molar-refractivity contribution in [3.63, 3.8) is 0 Å². The van der Waals surface area contributed by atoms with Crippen molar-refractivity contribution in [1.82, 2.24) is 5.32 Å². The molecule has 0 saturated heterocycles. The molecule has 0 aromatic carbocycles. The molecule has 1 amide bonds. The number of hydrogen-bond donors (Lipinski definition) is 1.